The summed E-state index contributed by atoms with van der Waals surface area (Å²) in [5.41, 5.74) is 2.58. The van der Waals surface area contributed by atoms with Gasteiger partial charge in [-0.25, -0.2) is 0 Å². The third-order valence-corrected chi connectivity index (χ3v) is 3.46. The maximum atomic E-state index is 11.5. The second kappa shape index (κ2) is 4.87. The Morgan fingerprint density at radius 2 is 1.74 bits per heavy atom. The number of aldehydes is 1. The van der Waals surface area contributed by atoms with Crippen molar-refractivity contribution in [2.45, 2.75) is 0 Å². The van der Waals surface area contributed by atoms with E-state index in [4.69, 9.17) is 11.6 Å². The normalized spacial score (nSPS) is 10.6. The van der Waals surface area contributed by atoms with Crippen molar-refractivity contribution < 1.29 is 4.79 Å². The van der Waals surface area contributed by atoms with Gasteiger partial charge in [0.05, 0.1) is 0 Å². The summed E-state index contributed by atoms with van der Waals surface area (Å²) >= 11 is 6.02. The van der Waals surface area contributed by atoms with Gasteiger partial charge in [-0.2, -0.15) is 0 Å². The van der Waals surface area contributed by atoms with Gasteiger partial charge < -0.3 is 0 Å². The summed E-state index contributed by atoms with van der Waals surface area (Å²) in [5.74, 6) is 0. The summed E-state index contributed by atoms with van der Waals surface area (Å²) in [4.78, 5) is 11.5. The van der Waals surface area contributed by atoms with Crippen LogP contribution in [0, 0.1) is 0 Å². The van der Waals surface area contributed by atoms with Gasteiger partial charge in [0, 0.05) is 10.6 Å². The Kier molecular flexibility index (Phi) is 3.06. The molecule has 3 aromatic rings. The van der Waals surface area contributed by atoms with Gasteiger partial charge in [-0.15, -0.1) is 0 Å². The SMILES string of the molecule is O=Cc1c(-c2cccc(Cl)c2)ccc2ccccc12. The molecule has 2 heteroatoms. The van der Waals surface area contributed by atoms with Crippen LogP contribution in [0.1, 0.15) is 10.4 Å². The summed E-state index contributed by atoms with van der Waals surface area (Å²) in [6.45, 7) is 0. The first-order valence-electron chi connectivity index (χ1n) is 6.02. The molecular formula is C17H11ClO. The maximum absolute atomic E-state index is 11.5. The van der Waals surface area contributed by atoms with Crippen molar-refractivity contribution in [1.82, 2.24) is 0 Å². The van der Waals surface area contributed by atoms with Crippen molar-refractivity contribution in [3.63, 3.8) is 0 Å². The molecule has 0 aliphatic carbocycles. The number of carbonyl (C=O) groups excluding carboxylic acids is 1. The molecule has 3 rings (SSSR count). The van der Waals surface area contributed by atoms with Crippen LogP contribution < -0.4 is 0 Å². The Hall–Kier alpha value is -2.12. The molecule has 0 saturated heterocycles. The molecule has 1 nitrogen and oxygen atoms in total. The van der Waals surface area contributed by atoms with Crippen molar-refractivity contribution in [2.75, 3.05) is 0 Å². The van der Waals surface area contributed by atoms with Crippen LogP contribution in [0.4, 0.5) is 0 Å². The molecule has 3 aromatic carbocycles. The van der Waals surface area contributed by atoms with Gasteiger partial charge >= 0.3 is 0 Å². The lowest BCUT2D eigenvalue weighted by atomic mass is 9.95. The highest BCUT2D eigenvalue weighted by Gasteiger charge is 2.08. The van der Waals surface area contributed by atoms with E-state index in [1.165, 1.54) is 0 Å². The molecule has 0 aromatic heterocycles. The van der Waals surface area contributed by atoms with Gasteiger partial charge in [-0.3, -0.25) is 4.79 Å². The molecule has 0 atom stereocenters. The van der Waals surface area contributed by atoms with Crippen LogP contribution in [-0.2, 0) is 0 Å². The van der Waals surface area contributed by atoms with E-state index in [0.29, 0.717) is 10.6 Å². The fourth-order valence-corrected chi connectivity index (χ4v) is 2.52. The minimum absolute atomic E-state index is 0.669. The van der Waals surface area contributed by atoms with E-state index in [-0.39, 0.29) is 0 Å². The standard InChI is InChI=1S/C17H11ClO/c18-14-6-3-5-13(10-14)16-9-8-12-4-1-2-7-15(12)17(16)11-19/h1-11H. The highest BCUT2D eigenvalue weighted by atomic mass is 35.5. The number of benzene rings is 3. The van der Waals surface area contributed by atoms with Crippen molar-refractivity contribution >= 4 is 28.7 Å². The van der Waals surface area contributed by atoms with Crippen LogP contribution >= 0.6 is 11.6 Å². The molecule has 0 saturated carbocycles. The Morgan fingerprint density at radius 3 is 2.53 bits per heavy atom. The van der Waals surface area contributed by atoms with Crippen molar-refractivity contribution in [3.8, 4) is 11.1 Å². The lowest BCUT2D eigenvalue weighted by molar-refractivity contribution is 0.112. The Balaban J connectivity index is 2.32. The molecule has 0 N–H and O–H groups in total. The molecule has 19 heavy (non-hydrogen) atoms. The number of carbonyl (C=O) groups is 1. The highest BCUT2D eigenvalue weighted by Crippen LogP contribution is 2.30. The van der Waals surface area contributed by atoms with E-state index in [1.807, 2.05) is 60.7 Å². The molecule has 0 radical (unpaired) electrons. The number of halogens is 1. The highest BCUT2D eigenvalue weighted by molar-refractivity contribution is 6.30. The monoisotopic (exact) mass is 266 g/mol. The van der Waals surface area contributed by atoms with Gasteiger partial charge in [0.1, 0.15) is 0 Å². The van der Waals surface area contributed by atoms with Crippen LogP contribution in [-0.4, -0.2) is 6.29 Å². The van der Waals surface area contributed by atoms with E-state index in [2.05, 4.69) is 0 Å². The van der Waals surface area contributed by atoms with Crippen molar-refractivity contribution in [1.29, 1.82) is 0 Å². The summed E-state index contributed by atoms with van der Waals surface area (Å²) in [7, 11) is 0. The number of hydrogen-bond donors (Lipinski definition) is 0. The molecule has 0 amide bonds. The minimum atomic E-state index is 0.669. The zero-order valence-corrected chi connectivity index (χ0v) is 10.9. The van der Waals surface area contributed by atoms with Crippen molar-refractivity contribution in [2.24, 2.45) is 0 Å². The van der Waals surface area contributed by atoms with E-state index < -0.39 is 0 Å². The average molecular weight is 267 g/mol. The molecular weight excluding hydrogens is 256 g/mol. The van der Waals surface area contributed by atoms with Gasteiger partial charge in [0.2, 0.25) is 0 Å². The van der Waals surface area contributed by atoms with Gasteiger partial charge in [0.15, 0.2) is 6.29 Å². The largest absolute Gasteiger partial charge is 0.298 e. The lowest BCUT2D eigenvalue weighted by Gasteiger charge is -2.09. The molecule has 0 unspecified atom stereocenters. The topological polar surface area (TPSA) is 17.1 Å². The predicted molar refractivity (Wildman–Crippen MR) is 79.8 cm³/mol. The summed E-state index contributed by atoms with van der Waals surface area (Å²) in [6, 6.07) is 19.4. The van der Waals surface area contributed by atoms with Crippen LogP contribution in [0.15, 0.2) is 60.7 Å². The zero-order valence-electron chi connectivity index (χ0n) is 10.1. The number of hydrogen-bond acceptors (Lipinski definition) is 1. The first-order valence-corrected chi connectivity index (χ1v) is 6.40. The molecule has 0 aliphatic heterocycles. The minimum Gasteiger partial charge on any atom is -0.298 e. The predicted octanol–water partition coefficient (Wildman–Crippen LogP) is 4.97. The molecule has 0 aliphatic rings. The van der Waals surface area contributed by atoms with E-state index >= 15 is 0 Å². The Labute approximate surface area is 116 Å². The van der Waals surface area contributed by atoms with E-state index in [1.54, 1.807) is 0 Å². The van der Waals surface area contributed by atoms with Crippen LogP contribution in [0.3, 0.4) is 0 Å². The fraction of sp³-hybridized carbons (Fsp3) is 0. The lowest BCUT2D eigenvalue weighted by Crippen LogP contribution is -1.90. The average Bonchev–Trinajstić information content (AvgIpc) is 2.46. The second-order valence-electron chi connectivity index (χ2n) is 4.38. The maximum Gasteiger partial charge on any atom is 0.151 e. The Morgan fingerprint density at radius 1 is 0.895 bits per heavy atom. The molecule has 0 fully saturated rings. The van der Waals surface area contributed by atoms with Crippen molar-refractivity contribution in [3.05, 3.63) is 71.2 Å². The number of rotatable bonds is 2. The van der Waals surface area contributed by atoms with E-state index in [9.17, 15) is 4.79 Å². The molecule has 0 bridgehead atoms. The summed E-state index contributed by atoms with van der Waals surface area (Å²) < 4.78 is 0. The summed E-state index contributed by atoms with van der Waals surface area (Å²) in [5, 5.41) is 2.70. The quantitative estimate of drug-likeness (QED) is 0.598. The zero-order chi connectivity index (χ0) is 13.2. The van der Waals surface area contributed by atoms with Gasteiger partial charge in [0.25, 0.3) is 0 Å². The number of fused-ring (bicyclic) bond motifs is 1. The third kappa shape index (κ3) is 2.13. The first-order chi connectivity index (χ1) is 9.29. The van der Waals surface area contributed by atoms with Gasteiger partial charge in [-0.05, 0) is 34.0 Å². The first kappa shape index (κ1) is 11.9. The fourth-order valence-electron chi connectivity index (χ4n) is 2.33. The third-order valence-electron chi connectivity index (χ3n) is 3.22. The van der Waals surface area contributed by atoms with Crippen LogP contribution in [0.5, 0.6) is 0 Å². The molecule has 92 valence electrons. The van der Waals surface area contributed by atoms with Crippen LogP contribution in [0.2, 0.25) is 5.02 Å². The van der Waals surface area contributed by atoms with Crippen LogP contribution in [0.25, 0.3) is 21.9 Å². The van der Waals surface area contributed by atoms with Gasteiger partial charge in [-0.1, -0.05) is 60.1 Å². The molecule has 0 spiro atoms. The van der Waals surface area contributed by atoms with E-state index in [0.717, 1.165) is 28.2 Å². The second-order valence-corrected chi connectivity index (χ2v) is 4.81. The summed E-state index contributed by atoms with van der Waals surface area (Å²) in [6.07, 6.45) is 0.915. The molecule has 0 heterocycles. The smallest absolute Gasteiger partial charge is 0.151 e. The Bertz CT molecular complexity index is 762.